The van der Waals surface area contributed by atoms with Crippen molar-refractivity contribution in [2.75, 3.05) is 20.3 Å². The third-order valence-electron chi connectivity index (χ3n) is 5.59. The molecular weight excluding hydrogens is 412 g/mol. The lowest BCUT2D eigenvalue weighted by Crippen LogP contribution is -2.52. The van der Waals surface area contributed by atoms with E-state index in [0.717, 1.165) is 22.3 Å². The summed E-state index contributed by atoms with van der Waals surface area (Å²) in [5, 5.41) is 14.1. The van der Waals surface area contributed by atoms with Gasteiger partial charge in [0, 0.05) is 13.0 Å². The molecule has 0 spiro atoms. The fourth-order valence-electron chi connectivity index (χ4n) is 3.88. The summed E-state index contributed by atoms with van der Waals surface area (Å²) < 4.78 is 10.3. The van der Waals surface area contributed by atoms with Crippen molar-refractivity contribution in [3.05, 3.63) is 59.7 Å². The van der Waals surface area contributed by atoms with E-state index >= 15 is 0 Å². The third kappa shape index (κ3) is 5.08. The largest absolute Gasteiger partial charge is 0.479 e. The average molecular weight is 440 g/mol. The summed E-state index contributed by atoms with van der Waals surface area (Å²) >= 11 is 0. The molecule has 0 saturated heterocycles. The number of benzene rings is 2. The molecule has 2 atom stereocenters. The van der Waals surface area contributed by atoms with Gasteiger partial charge in [-0.05, 0) is 28.2 Å². The molecule has 3 N–H and O–H groups in total. The molecule has 2 aromatic rings. The zero-order chi connectivity index (χ0) is 23.3. The van der Waals surface area contributed by atoms with Gasteiger partial charge in [-0.15, -0.1) is 0 Å². The van der Waals surface area contributed by atoms with Gasteiger partial charge in [0.1, 0.15) is 12.6 Å². The van der Waals surface area contributed by atoms with Crippen molar-refractivity contribution in [3.8, 4) is 11.1 Å². The van der Waals surface area contributed by atoms with Crippen molar-refractivity contribution < 1.29 is 29.0 Å². The first kappa shape index (κ1) is 23.3. The standard InChI is InChI=1S/C24H28N2O6/c1-14(2)21(22(27)25-12-20(31-3)23(28)29)26-24(30)32-13-19-17-10-6-4-8-15(17)16-9-5-7-11-18(16)19/h4-11,14,19-21H,12-13H2,1-3H3,(H,25,27)(H,26,30)(H,28,29)/t20?,21-/m0/s1. The van der Waals surface area contributed by atoms with E-state index < -0.39 is 30.1 Å². The fourth-order valence-corrected chi connectivity index (χ4v) is 3.88. The molecular formula is C24H28N2O6. The number of carbonyl (C=O) groups is 3. The Morgan fingerprint density at radius 2 is 1.56 bits per heavy atom. The highest BCUT2D eigenvalue weighted by atomic mass is 16.5. The summed E-state index contributed by atoms with van der Waals surface area (Å²) in [7, 11) is 1.25. The maximum Gasteiger partial charge on any atom is 0.407 e. The number of nitrogens with one attached hydrogen (secondary N) is 2. The van der Waals surface area contributed by atoms with Gasteiger partial charge >= 0.3 is 12.1 Å². The minimum absolute atomic E-state index is 0.0856. The Hall–Kier alpha value is -3.39. The Morgan fingerprint density at radius 3 is 2.06 bits per heavy atom. The molecule has 0 aliphatic heterocycles. The van der Waals surface area contributed by atoms with Crippen LogP contribution in [0.25, 0.3) is 11.1 Å². The summed E-state index contributed by atoms with van der Waals surface area (Å²) in [6.07, 6.45) is -1.87. The second kappa shape index (κ2) is 10.3. The summed E-state index contributed by atoms with van der Waals surface area (Å²) in [6.45, 7) is 3.48. The maximum atomic E-state index is 12.5. The van der Waals surface area contributed by atoms with Crippen molar-refractivity contribution in [3.63, 3.8) is 0 Å². The minimum Gasteiger partial charge on any atom is -0.479 e. The van der Waals surface area contributed by atoms with Crippen LogP contribution in [0.5, 0.6) is 0 Å². The monoisotopic (exact) mass is 440 g/mol. The Morgan fingerprint density at radius 1 is 1.00 bits per heavy atom. The van der Waals surface area contributed by atoms with Gasteiger partial charge < -0.3 is 25.2 Å². The van der Waals surface area contributed by atoms with Gasteiger partial charge in [-0.3, -0.25) is 4.79 Å². The van der Waals surface area contributed by atoms with Crippen molar-refractivity contribution in [2.45, 2.75) is 31.9 Å². The number of carbonyl (C=O) groups excluding carboxylic acids is 2. The SMILES string of the molecule is COC(CNC(=O)[C@@H](NC(=O)OCC1c2ccccc2-c2ccccc21)C(C)C)C(=O)O. The molecule has 32 heavy (non-hydrogen) atoms. The number of alkyl carbamates (subject to hydrolysis) is 1. The topological polar surface area (TPSA) is 114 Å². The first-order chi connectivity index (χ1) is 15.3. The number of aliphatic carboxylic acids is 1. The Bertz CT molecular complexity index is 944. The van der Waals surface area contributed by atoms with E-state index in [-0.39, 0.29) is 25.0 Å². The number of amides is 2. The van der Waals surface area contributed by atoms with Crippen LogP contribution in [0.4, 0.5) is 4.79 Å². The van der Waals surface area contributed by atoms with Crippen LogP contribution in [0.1, 0.15) is 30.9 Å². The predicted molar refractivity (Wildman–Crippen MR) is 118 cm³/mol. The number of carboxylic acid groups (broad SMARTS) is 1. The lowest BCUT2D eigenvalue weighted by molar-refractivity contribution is -0.148. The number of carboxylic acids is 1. The van der Waals surface area contributed by atoms with Crippen LogP contribution in [-0.2, 0) is 19.1 Å². The van der Waals surface area contributed by atoms with E-state index in [1.165, 1.54) is 7.11 Å². The molecule has 2 amide bonds. The Labute approximate surface area is 186 Å². The van der Waals surface area contributed by atoms with Crippen LogP contribution >= 0.6 is 0 Å². The van der Waals surface area contributed by atoms with E-state index in [2.05, 4.69) is 22.8 Å². The summed E-state index contributed by atoms with van der Waals surface area (Å²) in [5.41, 5.74) is 4.45. The minimum atomic E-state index is -1.18. The Balaban J connectivity index is 1.62. The molecule has 0 radical (unpaired) electrons. The van der Waals surface area contributed by atoms with Crippen LogP contribution in [-0.4, -0.2) is 55.5 Å². The maximum absolute atomic E-state index is 12.5. The van der Waals surface area contributed by atoms with Gasteiger partial charge in [-0.2, -0.15) is 0 Å². The van der Waals surface area contributed by atoms with E-state index in [4.69, 9.17) is 14.6 Å². The molecule has 0 heterocycles. The number of hydrogen-bond acceptors (Lipinski definition) is 5. The molecule has 8 heteroatoms. The summed E-state index contributed by atoms with van der Waals surface area (Å²) in [4.78, 5) is 36.1. The van der Waals surface area contributed by atoms with Crippen LogP contribution in [0, 0.1) is 5.92 Å². The molecule has 1 aliphatic rings. The lowest BCUT2D eigenvalue weighted by Gasteiger charge is -2.23. The van der Waals surface area contributed by atoms with Gasteiger partial charge in [0.2, 0.25) is 5.91 Å². The normalized spacial score (nSPS) is 14.2. The van der Waals surface area contributed by atoms with Crippen molar-refractivity contribution in [1.82, 2.24) is 10.6 Å². The van der Waals surface area contributed by atoms with Gasteiger partial charge in [0.15, 0.2) is 6.10 Å². The molecule has 0 bridgehead atoms. The van der Waals surface area contributed by atoms with E-state index in [9.17, 15) is 14.4 Å². The number of methoxy groups -OCH3 is 1. The molecule has 8 nitrogen and oxygen atoms in total. The second-order valence-corrected chi connectivity index (χ2v) is 8.00. The molecule has 2 aromatic carbocycles. The van der Waals surface area contributed by atoms with E-state index in [1.54, 1.807) is 13.8 Å². The highest BCUT2D eigenvalue weighted by Gasteiger charge is 2.30. The molecule has 0 fully saturated rings. The predicted octanol–water partition coefficient (Wildman–Crippen LogP) is 2.77. The summed E-state index contributed by atoms with van der Waals surface area (Å²) in [5.74, 6) is -2.01. The molecule has 170 valence electrons. The van der Waals surface area contributed by atoms with Crippen molar-refractivity contribution in [2.24, 2.45) is 5.92 Å². The quantitative estimate of drug-likeness (QED) is 0.553. The smallest absolute Gasteiger partial charge is 0.407 e. The highest BCUT2D eigenvalue weighted by Crippen LogP contribution is 2.44. The van der Waals surface area contributed by atoms with Gasteiger partial charge in [-0.1, -0.05) is 62.4 Å². The molecule has 1 unspecified atom stereocenters. The third-order valence-corrected chi connectivity index (χ3v) is 5.59. The van der Waals surface area contributed by atoms with Crippen LogP contribution in [0.3, 0.4) is 0 Å². The van der Waals surface area contributed by atoms with Crippen LogP contribution in [0.15, 0.2) is 48.5 Å². The van der Waals surface area contributed by atoms with E-state index in [1.807, 2.05) is 36.4 Å². The lowest BCUT2D eigenvalue weighted by atomic mass is 9.98. The van der Waals surface area contributed by atoms with Gasteiger partial charge in [-0.25, -0.2) is 9.59 Å². The zero-order valence-electron chi connectivity index (χ0n) is 18.3. The highest BCUT2D eigenvalue weighted by molar-refractivity contribution is 5.86. The van der Waals surface area contributed by atoms with Crippen LogP contribution in [0.2, 0.25) is 0 Å². The number of hydrogen-bond donors (Lipinski definition) is 3. The van der Waals surface area contributed by atoms with E-state index in [0.29, 0.717) is 0 Å². The number of fused-ring (bicyclic) bond motifs is 3. The van der Waals surface area contributed by atoms with Crippen LogP contribution < -0.4 is 10.6 Å². The number of rotatable bonds is 9. The fraction of sp³-hybridized carbons (Fsp3) is 0.375. The molecule has 3 rings (SSSR count). The first-order valence-electron chi connectivity index (χ1n) is 10.5. The Kier molecular flexibility index (Phi) is 7.48. The number of ether oxygens (including phenoxy) is 2. The summed E-state index contributed by atoms with van der Waals surface area (Å²) in [6, 6.07) is 15.2. The van der Waals surface area contributed by atoms with Gasteiger partial charge in [0.25, 0.3) is 0 Å². The van der Waals surface area contributed by atoms with Crippen molar-refractivity contribution >= 4 is 18.0 Å². The second-order valence-electron chi connectivity index (χ2n) is 8.00. The molecule has 1 aliphatic carbocycles. The molecule has 0 saturated carbocycles. The first-order valence-corrected chi connectivity index (χ1v) is 10.5. The zero-order valence-corrected chi connectivity index (χ0v) is 18.3. The average Bonchev–Trinajstić information content (AvgIpc) is 3.09. The van der Waals surface area contributed by atoms with Gasteiger partial charge in [0.05, 0.1) is 6.54 Å². The molecule has 0 aromatic heterocycles. The van der Waals surface area contributed by atoms with Crippen molar-refractivity contribution in [1.29, 1.82) is 0 Å².